The maximum Gasteiger partial charge on any atom is 0.187 e. The topological polar surface area (TPSA) is 313 Å². The van der Waals surface area contributed by atoms with Gasteiger partial charge in [0, 0.05) is 24.7 Å². The van der Waals surface area contributed by atoms with E-state index in [1.54, 1.807) is 0 Å². The molecule has 17 N–H and O–H groups in total. The van der Waals surface area contributed by atoms with Crippen LogP contribution in [0.15, 0.2) is 0 Å². The predicted octanol–water partition coefficient (Wildman–Crippen LogP) is -6.06. The molecule has 17 nitrogen and oxygen atoms in total. The maximum absolute atomic E-state index is 11.2. The van der Waals surface area contributed by atoms with Gasteiger partial charge in [0.05, 0.1) is 30.9 Å². The number of rotatable bonds is 10. The first-order chi connectivity index (χ1) is 19.9. The number of nitrogens with two attached hydrogens (primary N) is 6. The first-order valence-corrected chi connectivity index (χ1v) is 14.7. The molecule has 17 heteroatoms. The zero-order chi connectivity index (χ0) is 30.9. The smallest absolute Gasteiger partial charge is 0.187 e. The van der Waals surface area contributed by atoms with Gasteiger partial charge >= 0.3 is 0 Å². The molecule has 0 radical (unpaired) electrons. The van der Waals surface area contributed by atoms with Gasteiger partial charge in [0.1, 0.15) is 48.8 Å². The summed E-state index contributed by atoms with van der Waals surface area (Å²) in [7, 11) is 0. The lowest BCUT2D eigenvalue weighted by Crippen LogP contribution is -2.65. The summed E-state index contributed by atoms with van der Waals surface area (Å²) < 4.78 is 35.6. The van der Waals surface area contributed by atoms with Gasteiger partial charge in [-0.15, -0.1) is 0 Å². The van der Waals surface area contributed by atoms with Crippen molar-refractivity contribution < 1.29 is 54.0 Å². The Kier molecular flexibility index (Phi) is 11.9. The van der Waals surface area contributed by atoms with E-state index >= 15 is 0 Å². The van der Waals surface area contributed by atoms with Crippen molar-refractivity contribution in [1.82, 2.24) is 0 Å². The SMILES string of the molecule is CCC(N)C1CCC(N)C(OC2C(N)CC(N)C(O)C2OC2OC(CO)C(OC3OC(CN)C(O)C(O)C3N)C2O)O1. The third-order valence-corrected chi connectivity index (χ3v) is 8.78. The van der Waals surface area contributed by atoms with E-state index in [1.165, 1.54) is 0 Å². The zero-order valence-electron chi connectivity index (χ0n) is 23.8. The van der Waals surface area contributed by atoms with Crippen molar-refractivity contribution in [3.63, 3.8) is 0 Å². The van der Waals surface area contributed by atoms with Crippen molar-refractivity contribution >= 4 is 0 Å². The Hall–Kier alpha value is -0.680. The largest absolute Gasteiger partial charge is 0.394 e. The van der Waals surface area contributed by atoms with Crippen LogP contribution < -0.4 is 34.4 Å². The summed E-state index contributed by atoms with van der Waals surface area (Å²) in [5.74, 6) is 0. The second kappa shape index (κ2) is 14.6. The van der Waals surface area contributed by atoms with Crippen LogP contribution in [-0.4, -0.2) is 149 Å². The Balaban J connectivity index is 1.48. The van der Waals surface area contributed by atoms with Crippen LogP contribution in [0, 0.1) is 0 Å². The highest BCUT2D eigenvalue weighted by molar-refractivity contribution is 5.01. The number of ether oxygens (including phenoxy) is 6. The minimum atomic E-state index is -1.53. The summed E-state index contributed by atoms with van der Waals surface area (Å²) in [6.07, 6.45) is -12.8. The third-order valence-electron chi connectivity index (χ3n) is 8.78. The van der Waals surface area contributed by atoms with E-state index in [4.69, 9.17) is 62.8 Å². The summed E-state index contributed by atoms with van der Waals surface area (Å²) in [5, 5.41) is 52.7. The molecule has 3 heterocycles. The summed E-state index contributed by atoms with van der Waals surface area (Å²) >= 11 is 0. The van der Waals surface area contributed by atoms with Crippen molar-refractivity contribution in [2.24, 2.45) is 34.4 Å². The van der Waals surface area contributed by atoms with E-state index in [2.05, 4.69) is 0 Å². The highest BCUT2D eigenvalue weighted by atomic mass is 16.8. The van der Waals surface area contributed by atoms with Crippen LogP contribution in [0.1, 0.15) is 32.6 Å². The number of hydrogen-bond acceptors (Lipinski definition) is 17. The van der Waals surface area contributed by atoms with E-state index in [9.17, 15) is 25.5 Å². The van der Waals surface area contributed by atoms with Crippen LogP contribution in [0.3, 0.4) is 0 Å². The van der Waals surface area contributed by atoms with Gasteiger partial charge in [-0.1, -0.05) is 6.92 Å². The fraction of sp³-hybridized carbons (Fsp3) is 1.00. The van der Waals surface area contributed by atoms with Gasteiger partial charge in [0.2, 0.25) is 0 Å². The van der Waals surface area contributed by atoms with Crippen LogP contribution in [-0.2, 0) is 28.4 Å². The summed E-state index contributed by atoms with van der Waals surface area (Å²) in [4.78, 5) is 0. The Labute approximate surface area is 244 Å². The van der Waals surface area contributed by atoms with Gasteiger partial charge in [0.15, 0.2) is 18.9 Å². The molecule has 42 heavy (non-hydrogen) atoms. The van der Waals surface area contributed by atoms with Crippen molar-refractivity contribution in [3.05, 3.63) is 0 Å². The Morgan fingerprint density at radius 3 is 2.00 bits per heavy atom. The van der Waals surface area contributed by atoms with E-state index in [-0.39, 0.29) is 25.1 Å². The van der Waals surface area contributed by atoms with Crippen molar-refractivity contribution in [3.8, 4) is 0 Å². The average molecular weight is 611 g/mol. The lowest BCUT2D eigenvalue weighted by Gasteiger charge is -2.46. The molecule has 0 aromatic rings. The van der Waals surface area contributed by atoms with Gasteiger partial charge in [-0.3, -0.25) is 0 Å². The first-order valence-electron chi connectivity index (χ1n) is 14.7. The maximum atomic E-state index is 11.2. The summed E-state index contributed by atoms with van der Waals surface area (Å²) in [6.45, 7) is 1.23. The second-order valence-corrected chi connectivity index (χ2v) is 11.8. The zero-order valence-corrected chi connectivity index (χ0v) is 23.8. The monoisotopic (exact) mass is 610 g/mol. The van der Waals surface area contributed by atoms with Crippen LogP contribution >= 0.6 is 0 Å². The number of hydrogen-bond donors (Lipinski definition) is 11. The van der Waals surface area contributed by atoms with E-state index in [0.717, 1.165) is 0 Å². The summed E-state index contributed by atoms with van der Waals surface area (Å²) in [6, 6.07) is -3.37. The molecule has 3 aliphatic heterocycles. The van der Waals surface area contributed by atoms with Gasteiger partial charge in [-0.05, 0) is 25.7 Å². The second-order valence-electron chi connectivity index (χ2n) is 11.8. The highest BCUT2D eigenvalue weighted by Gasteiger charge is 2.53. The normalized spacial score (nSPS) is 51.0. The number of aliphatic hydroxyl groups is 5. The fourth-order valence-electron chi connectivity index (χ4n) is 6.02. The fourth-order valence-corrected chi connectivity index (χ4v) is 6.02. The van der Waals surface area contributed by atoms with Gasteiger partial charge in [-0.2, -0.15) is 0 Å². The third kappa shape index (κ3) is 7.08. The molecular weight excluding hydrogens is 560 g/mol. The van der Waals surface area contributed by atoms with Crippen LogP contribution in [0.2, 0.25) is 0 Å². The van der Waals surface area contributed by atoms with Gasteiger partial charge in [0.25, 0.3) is 0 Å². The predicted molar refractivity (Wildman–Crippen MR) is 145 cm³/mol. The Morgan fingerprint density at radius 2 is 1.36 bits per heavy atom. The standard InChI is InChI=1S/C25H50N6O11/c1-2-8(27)12-4-3-9(28)23(37-12)40-20-11(30)5-10(29)16(33)22(20)42-25-19(36)21(14(7-32)39-25)41-24-15(31)18(35)17(34)13(6-26)38-24/h8-25,32-36H,2-7,26-31H2,1H3. The molecule has 1 aliphatic carbocycles. The quantitative estimate of drug-likeness (QED) is 0.110. The van der Waals surface area contributed by atoms with Crippen molar-refractivity contribution in [2.45, 2.75) is 143 Å². The molecule has 0 aromatic carbocycles. The van der Waals surface area contributed by atoms with E-state index < -0.39 is 105 Å². The molecule has 0 aromatic heterocycles. The Bertz CT molecular complexity index is 853. The molecule has 246 valence electrons. The van der Waals surface area contributed by atoms with Gasteiger partial charge < -0.3 is 88.4 Å². The van der Waals surface area contributed by atoms with E-state index in [1.807, 2.05) is 6.92 Å². The minimum Gasteiger partial charge on any atom is -0.394 e. The molecule has 4 rings (SSSR count). The van der Waals surface area contributed by atoms with Gasteiger partial charge in [-0.25, -0.2) is 0 Å². The van der Waals surface area contributed by atoms with Crippen molar-refractivity contribution in [1.29, 1.82) is 0 Å². The van der Waals surface area contributed by atoms with Crippen LogP contribution in [0.25, 0.3) is 0 Å². The lowest BCUT2D eigenvalue weighted by atomic mass is 9.84. The molecule has 1 saturated carbocycles. The van der Waals surface area contributed by atoms with Crippen molar-refractivity contribution in [2.75, 3.05) is 13.2 Å². The lowest BCUT2D eigenvalue weighted by molar-refractivity contribution is -0.290. The highest BCUT2D eigenvalue weighted by Crippen LogP contribution is 2.34. The molecule has 0 bridgehead atoms. The van der Waals surface area contributed by atoms with Crippen LogP contribution in [0.5, 0.6) is 0 Å². The molecule has 18 atom stereocenters. The summed E-state index contributed by atoms with van der Waals surface area (Å²) in [5.41, 5.74) is 36.7. The Morgan fingerprint density at radius 1 is 0.714 bits per heavy atom. The molecular formula is C25H50N6O11. The average Bonchev–Trinajstić information content (AvgIpc) is 3.27. The molecule has 0 amide bonds. The molecule has 18 unspecified atom stereocenters. The minimum absolute atomic E-state index is 0.134. The molecule has 3 saturated heterocycles. The van der Waals surface area contributed by atoms with E-state index in [0.29, 0.717) is 19.3 Å². The molecule has 4 fully saturated rings. The number of aliphatic hydroxyl groups excluding tert-OH is 5. The molecule has 4 aliphatic rings. The first kappa shape index (κ1) is 34.2. The van der Waals surface area contributed by atoms with Crippen LogP contribution in [0.4, 0.5) is 0 Å². The molecule has 0 spiro atoms.